The summed E-state index contributed by atoms with van der Waals surface area (Å²) in [6, 6.07) is 12.7. The largest absolute Gasteiger partial charge is 0.482 e. The van der Waals surface area contributed by atoms with E-state index in [-0.39, 0.29) is 18.1 Å². The van der Waals surface area contributed by atoms with Crippen molar-refractivity contribution in [2.75, 3.05) is 17.2 Å². The second kappa shape index (κ2) is 6.57. The number of rotatable bonds is 4. The molecule has 0 saturated heterocycles. The third-order valence-electron chi connectivity index (χ3n) is 3.58. The van der Waals surface area contributed by atoms with Gasteiger partial charge in [-0.1, -0.05) is 12.1 Å². The average molecular weight is 359 g/mol. The van der Waals surface area contributed by atoms with Gasteiger partial charge in [0.05, 0.1) is 17.3 Å². The van der Waals surface area contributed by atoms with E-state index in [0.29, 0.717) is 22.7 Å². The zero-order chi connectivity index (χ0) is 18.0. The molecule has 2 aromatic carbocycles. The smallest absolute Gasteiger partial charge is 0.352 e. The van der Waals surface area contributed by atoms with Gasteiger partial charge in [0.2, 0.25) is 0 Å². The number of benzene rings is 2. The number of carbonyl (C=O) groups excluding carboxylic acids is 1. The van der Waals surface area contributed by atoms with Gasteiger partial charge in [-0.15, -0.1) is 0 Å². The zero-order valence-corrected chi connectivity index (χ0v) is 13.7. The Hall–Kier alpha value is -2.85. The Bertz CT molecular complexity index is 918. The molecule has 2 aromatic rings. The molecule has 1 heterocycles. The van der Waals surface area contributed by atoms with Gasteiger partial charge in [-0.05, 0) is 35.9 Å². The van der Waals surface area contributed by atoms with Crippen LogP contribution < -0.4 is 15.4 Å². The van der Waals surface area contributed by atoms with E-state index in [1.807, 2.05) is 6.07 Å². The Kier molecular flexibility index (Phi) is 4.47. The van der Waals surface area contributed by atoms with Crippen molar-refractivity contribution in [3.63, 3.8) is 0 Å². The lowest BCUT2D eigenvalue weighted by molar-refractivity contribution is -0.118. The van der Waals surface area contributed by atoms with Crippen LogP contribution in [-0.2, 0) is 9.36 Å². The third kappa shape index (κ3) is 3.80. The topological polar surface area (TPSA) is 132 Å². The summed E-state index contributed by atoms with van der Waals surface area (Å²) in [7, 11) is -4.57. The highest BCUT2D eigenvalue weighted by atomic mass is 31.2. The van der Waals surface area contributed by atoms with E-state index in [1.165, 1.54) is 18.2 Å². The van der Waals surface area contributed by atoms with Crippen LogP contribution in [0.15, 0.2) is 42.5 Å². The fourth-order valence-corrected chi connectivity index (χ4v) is 3.34. The Balaban J connectivity index is 1.94. The Morgan fingerprint density at radius 1 is 1.28 bits per heavy atom. The molecule has 0 aliphatic carbocycles. The predicted molar refractivity (Wildman–Crippen MR) is 90.1 cm³/mol. The lowest BCUT2D eigenvalue weighted by atomic mass is 10.1. The number of ether oxygens (including phenoxy) is 1. The predicted octanol–water partition coefficient (Wildman–Crippen LogP) is 2.18. The first-order chi connectivity index (χ1) is 11.9. The van der Waals surface area contributed by atoms with Gasteiger partial charge in [-0.2, -0.15) is 5.26 Å². The third-order valence-corrected chi connectivity index (χ3v) is 4.68. The number of carbonyl (C=O) groups is 1. The van der Waals surface area contributed by atoms with Crippen LogP contribution >= 0.6 is 7.60 Å². The van der Waals surface area contributed by atoms with E-state index in [1.54, 1.807) is 24.3 Å². The molecule has 4 N–H and O–H groups in total. The molecule has 8 nitrogen and oxygen atoms in total. The molecule has 1 atom stereocenters. The van der Waals surface area contributed by atoms with Gasteiger partial charge in [0.25, 0.3) is 5.91 Å². The molecular weight excluding hydrogens is 345 g/mol. The van der Waals surface area contributed by atoms with Crippen LogP contribution in [0.25, 0.3) is 0 Å². The molecule has 128 valence electrons. The van der Waals surface area contributed by atoms with Crippen molar-refractivity contribution in [1.29, 1.82) is 5.26 Å². The van der Waals surface area contributed by atoms with E-state index in [2.05, 4.69) is 10.6 Å². The van der Waals surface area contributed by atoms with Crippen molar-refractivity contribution in [3.8, 4) is 11.8 Å². The van der Waals surface area contributed by atoms with Crippen LogP contribution in [-0.4, -0.2) is 22.3 Å². The summed E-state index contributed by atoms with van der Waals surface area (Å²) in [5, 5.41) is 14.4. The number of nitrogens with zero attached hydrogens (tertiary/aromatic N) is 1. The van der Waals surface area contributed by atoms with Crippen molar-refractivity contribution >= 4 is 24.9 Å². The van der Waals surface area contributed by atoms with Crippen molar-refractivity contribution < 1.29 is 23.9 Å². The van der Waals surface area contributed by atoms with Crippen LogP contribution in [0.5, 0.6) is 5.75 Å². The molecular formula is C16H14N3O5P. The van der Waals surface area contributed by atoms with Crippen molar-refractivity contribution in [3.05, 3.63) is 53.6 Å². The quantitative estimate of drug-likeness (QED) is 0.615. The molecule has 0 spiro atoms. The number of amides is 1. The minimum absolute atomic E-state index is 0.0775. The number of hydrogen-bond donors (Lipinski definition) is 4. The molecule has 1 amide bonds. The molecule has 0 fully saturated rings. The zero-order valence-electron chi connectivity index (χ0n) is 12.8. The summed E-state index contributed by atoms with van der Waals surface area (Å²) in [6.07, 6.45) is 0. The van der Waals surface area contributed by atoms with Crippen LogP contribution in [0.3, 0.4) is 0 Å². The SMILES string of the molecule is N#Cc1cccc(C(Nc2ccc3c(c2)NC(=O)CO3)P(=O)(O)O)c1. The first kappa shape index (κ1) is 17.0. The van der Waals surface area contributed by atoms with Crippen molar-refractivity contribution in [2.24, 2.45) is 0 Å². The number of nitriles is 1. The first-order valence-electron chi connectivity index (χ1n) is 7.25. The van der Waals surface area contributed by atoms with Crippen molar-refractivity contribution in [2.45, 2.75) is 5.78 Å². The lowest BCUT2D eigenvalue weighted by Gasteiger charge is -2.23. The monoisotopic (exact) mass is 359 g/mol. The normalized spacial score (nSPS) is 14.5. The van der Waals surface area contributed by atoms with E-state index in [9.17, 15) is 19.1 Å². The Morgan fingerprint density at radius 2 is 2.08 bits per heavy atom. The number of hydrogen-bond acceptors (Lipinski definition) is 5. The highest BCUT2D eigenvalue weighted by Crippen LogP contribution is 2.52. The lowest BCUT2D eigenvalue weighted by Crippen LogP contribution is -2.25. The molecule has 0 aromatic heterocycles. The highest BCUT2D eigenvalue weighted by Gasteiger charge is 2.31. The molecule has 3 rings (SSSR count). The maximum absolute atomic E-state index is 11.9. The van der Waals surface area contributed by atoms with Gasteiger partial charge in [-0.25, -0.2) is 0 Å². The van der Waals surface area contributed by atoms with Crippen LogP contribution in [0.4, 0.5) is 11.4 Å². The van der Waals surface area contributed by atoms with Crippen LogP contribution in [0.2, 0.25) is 0 Å². The molecule has 1 unspecified atom stereocenters. The highest BCUT2D eigenvalue weighted by molar-refractivity contribution is 7.52. The summed E-state index contributed by atoms with van der Waals surface area (Å²) in [5.41, 5.74) is 1.38. The van der Waals surface area contributed by atoms with E-state index in [0.717, 1.165) is 0 Å². The van der Waals surface area contributed by atoms with Gasteiger partial charge in [0, 0.05) is 5.69 Å². The van der Waals surface area contributed by atoms with Gasteiger partial charge >= 0.3 is 7.60 Å². The maximum atomic E-state index is 11.9. The summed E-state index contributed by atoms with van der Waals surface area (Å²) < 4.78 is 17.2. The molecule has 0 bridgehead atoms. The fraction of sp³-hybridized carbons (Fsp3) is 0.125. The van der Waals surface area contributed by atoms with Gasteiger partial charge in [0.1, 0.15) is 5.75 Å². The second-order valence-electron chi connectivity index (χ2n) is 5.42. The molecule has 1 aliphatic heterocycles. The average Bonchev–Trinajstić information content (AvgIpc) is 2.58. The van der Waals surface area contributed by atoms with Crippen LogP contribution in [0, 0.1) is 11.3 Å². The summed E-state index contributed by atoms with van der Waals surface area (Å²) in [4.78, 5) is 30.8. The van der Waals surface area contributed by atoms with Gasteiger partial charge in [0.15, 0.2) is 12.4 Å². The standard InChI is InChI=1S/C16H14N3O5P/c17-8-10-2-1-3-11(6-10)16(25(21,22)23)18-12-4-5-14-13(7-12)19-15(20)9-24-14/h1-7,16,18H,9H2,(H,19,20)(H2,21,22,23). The van der Waals surface area contributed by atoms with E-state index >= 15 is 0 Å². The minimum Gasteiger partial charge on any atom is -0.482 e. The number of nitrogens with one attached hydrogen (secondary N) is 2. The van der Waals surface area contributed by atoms with Crippen LogP contribution in [0.1, 0.15) is 16.9 Å². The van der Waals surface area contributed by atoms with Gasteiger partial charge < -0.3 is 25.2 Å². The fourth-order valence-electron chi connectivity index (χ4n) is 2.47. The summed E-state index contributed by atoms with van der Waals surface area (Å²) >= 11 is 0. The van der Waals surface area contributed by atoms with E-state index < -0.39 is 13.4 Å². The second-order valence-corrected chi connectivity index (χ2v) is 7.12. The maximum Gasteiger partial charge on any atom is 0.352 e. The first-order valence-corrected chi connectivity index (χ1v) is 8.93. The minimum atomic E-state index is -4.57. The molecule has 1 aliphatic rings. The Morgan fingerprint density at radius 3 is 2.80 bits per heavy atom. The molecule has 0 radical (unpaired) electrons. The van der Waals surface area contributed by atoms with Crippen molar-refractivity contribution in [1.82, 2.24) is 0 Å². The molecule has 0 saturated carbocycles. The summed E-state index contributed by atoms with van der Waals surface area (Å²) in [5.74, 6) is -1.17. The Labute approximate surface area is 143 Å². The summed E-state index contributed by atoms with van der Waals surface area (Å²) in [6.45, 7) is -0.0775. The van der Waals surface area contributed by atoms with E-state index in [4.69, 9.17) is 10.00 Å². The number of anilines is 2. The molecule has 25 heavy (non-hydrogen) atoms. The van der Waals surface area contributed by atoms with Gasteiger partial charge in [-0.3, -0.25) is 9.36 Å². The number of fused-ring (bicyclic) bond motifs is 1. The molecule has 9 heteroatoms.